The standard InChI is InChI=1S/C13H12Cl2N2O2S/c1-17(7-9-3-5-12(15)20-9)8-2-4-11(10(14)6-8)16-13(18)19/h2-6,16H,7H2,1H3,(H,18,19). The van der Waals surface area contributed by atoms with Crippen LogP contribution in [0.3, 0.4) is 0 Å². The zero-order valence-electron chi connectivity index (χ0n) is 10.6. The fourth-order valence-corrected chi connectivity index (χ4v) is 3.08. The molecule has 0 aliphatic rings. The van der Waals surface area contributed by atoms with Gasteiger partial charge in [0.05, 0.1) is 21.6 Å². The summed E-state index contributed by atoms with van der Waals surface area (Å²) in [7, 11) is 1.93. The van der Waals surface area contributed by atoms with Gasteiger partial charge in [0, 0.05) is 17.6 Å². The molecule has 7 heteroatoms. The van der Waals surface area contributed by atoms with Gasteiger partial charge in [0.15, 0.2) is 0 Å². The van der Waals surface area contributed by atoms with Gasteiger partial charge in [-0.2, -0.15) is 0 Å². The van der Waals surface area contributed by atoms with Crippen molar-refractivity contribution in [3.8, 4) is 0 Å². The Hall–Kier alpha value is -1.43. The van der Waals surface area contributed by atoms with E-state index in [1.165, 1.54) is 11.3 Å². The number of nitrogens with one attached hydrogen (secondary N) is 1. The molecule has 4 nitrogen and oxygen atoms in total. The fraction of sp³-hybridized carbons (Fsp3) is 0.154. The van der Waals surface area contributed by atoms with Crippen molar-refractivity contribution in [2.45, 2.75) is 6.54 Å². The number of hydrogen-bond acceptors (Lipinski definition) is 3. The maximum Gasteiger partial charge on any atom is 0.409 e. The molecule has 106 valence electrons. The Morgan fingerprint density at radius 1 is 1.35 bits per heavy atom. The van der Waals surface area contributed by atoms with Gasteiger partial charge in [-0.15, -0.1) is 11.3 Å². The van der Waals surface area contributed by atoms with Gasteiger partial charge in [-0.3, -0.25) is 5.32 Å². The summed E-state index contributed by atoms with van der Waals surface area (Å²) in [4.78, 5) is 13.7. The van der Waals surface area contributed by atoms with Crippen molar-refractivity contribution in [3.63, 3.8) is 0 Å². The van der Waals surface area contributed by atoms with Crippen LogP contribution >= 0.6 is 34.5 Å². The lowest BCUT2D eigenvalue weighted by molar-refractivity contribution is 0.210. The van der Waals surface area contributed by atoms with Crippen molar-refractivity contribution < 1.29 is 9.90 Å². The van der Waals surface area contributed by atoms with Gasteiger partial charge < -0.3 is 10.0 Å². The molecule has 1 amide bonds. The number of anilines is 2. The second-order valence-corrected chi connectivity index (χ2v) is 6.36. The van der Waals surface area contributed by atoms with Crippen LogP contribution in [0.2, 0.25) is 9.36 Å². The van der Waals surface area contributed by atoms with Gasteiger partial charge in [0.1, 0.15) is 0 Å². The predicted octanol–water partition coefficient (Wildman–Crippen LogP) is 4.78. The Labute approximate surface area is 130 Å². The van der Waals surface area contributed by atoms with E-state index in [1.54, 1.807) is 12.1 Å². The van der Waals surface area contributed by atoms with Crippen LogP contribution in [0, 0.1) is 0 Å². The molecule has 2 N–H and O–H groups in total. The molecule has 20 heavy (non-hydrogen) atoms. The quantitative estimate of drug-likeness (QED) is 0.848. The number of carbonyl (C=O) groups is 1. The average molecular weight is 331 g/mol. The molecule has 1 heterocycles. The van der Waals surface area contributed by atoms with E-state index in [9.17, 15) is 4.79 Å². The van der Waals surface area contributed by atoms with Crippen LogP contribution in [0.15, 0.2) is 30.3 Å². The lowest BCUT2D eigenvalue weighted by atomic mass is 10.2. The summed E-state index contributed by atoms with van der Waals surface area (Å²) < 4.78 is 0.757. The van der Waals surface area contributed by atoms with E-state index in [0.29, 0.717) is 17.3 Å². The van der Waals surface area contributed by atoms with Crippen molar-refractivity contribution in [1.82, 2.24) is 0 Å². The molecule has 0 saturated carbocycles. The number of hydrogen-bond donors (Lipinski definition) is 2. The van der Waals surface area contributed by atoms with Crippen molar-refractivity contribution in [2.24, 2.45) is 0 Å². The summed E-state index contributed by atoms with van der Waals surface area (Å²) in [6, 6.07) is 9.02. The molecular formula is C13H12Cl2N2O2S. The molecule has 2 aromatic rings. The Morgan fingerprint density at radius 3 is 2.65 bits per heavy atom. The third-order valence-electron chi connectivity index (χ3n) is 2.66. The van der Waals surface area contributed by atoms with Gasteiger partial charge >= 0.3 is 6.09 Å². The van der Waals surface area contributed by atoms with Gasteiger partial charge in [-0.1, -0.05) is 23.2 Å². The van der Waals surface area contributed by atoms with Crippen molar-refractivity contribution in [1.29, 1.82) is 0 Å². The third-order valence-corrected chi connectivity index (χ3v) is 4.19. The highest BCUT2D eigenvalue weighted by Gasteiger charge is 2.09. The third kappa shape index (κ3) is 3.79. The maximum absolute atomic E-state index is 10.6. The first-order valence-corrected chi connectivity index (χ1v) is 7.28. The molecule has 0 aliphatic heterocycles. The van der Waals surface area contributed by atoms with E-state index in [4.69, 9.17) is 28.3 Å². The van der Waals surface area contributed by atoms with Gasteiger partial charge in [0.2, 0.25) is 0 Å². The molecule has 0 atom stereocenters. The van der Waals surface area contributed by atoms with Crippen molar-refractivity contribution in [3.05, 3.63) is 44.6 Å². The minimum atomic E-state index is -1.14. The molecule has 0 fully saturated rings. The molecule has 0 unspecified atom stereocenters. The largest absolute Gasteiger partial charge is 0.465 e. The number of benzene rings is 1. The fourth-order valence-electron chi connectivity index (χ4n) is 1.72. The topological polar surface area (TPSA) is 52.6 Å². The number of carboxylic acid groups (broad SMARTS) is 1. The normalized spacial score (nSPS) is 10.3. The molecule has 0 bridgehead atoms. The average Bonchev–Trinajstić information content (AvgIpc) is 2.76. The molecule has 2 rings (SSSR count). The monoisotopic (exact) mass is 330 g/mol. The first-order valence-electron chi connectivity index (χ1n) is 5.70. The zero-order chi connectivity index (χ0) is 14.7. The first kappa shape index (κ1) is 15.0. The maximum atomic E-state index is 10.6. The molecule has 0 aliphatic carbocycles. The SMILES string of the molecule is CN(Cc1ccc(Cl)s1)c1ccc(NC(=O)O)c(Cl)c1. The van der Waals surface area contributed by atoms with E-state index >= 15 is 0 Å². The Morgan fingerprint density at radius 2 is 2.10 bits per heavy atom. The molecule has 0 saturated heterocycles. The summed E-state index contributed by atoms with van der Waals surface area (Å²) in [5.41, 5.74) is 1.27. The van der Waals surface area contributed by atoms with Crippen LogP contribution in [0.25, 0.3) is 0 Å². The molecule has 0 radical (unpaired) electrons. The highest BCUT2D eigenvalue weighted by molar-refractivity contribution is 7.16. The predicted molar refractivity (Wildman–Crippen MR) is 84.5 cm³/mol. The van der Waals surface area contributed by atoms with Gasteiger partial charge in [0.25, 0.3) is 0 Å². The summed E-state index contributed by atoms with van der Waals surface area (Å²) in [6.45, 7) is 0.708. The smallest absolute Gasteiger partial charge is 0.409 e. The van der Waals surface area contributed by atoms with Crippen LogP contribution in [-0.2, 0) is 6.54 Å². The Kier molecular flexibility index (Phi) is 4.75. The lowest BCUT2D eigenvalue weighted by Gasteiger charge is -2.19. The highest BCUT2D eigenvalue weighted by atomic mass is 35.5. The minimum Gasteiger partial charge on any atom is -0.465 e. The highest BCUT2D eigenvalue weighted by Crippen LogP contribution is 2.29. The van der Waals surface area contributed by atoms with E-state index in [-0.39, 0.29) is 0 Å². The lowest BCUT2D eigenvalue weighted by Crippen LogP contribution is -2.15. The first-order chi connectivity index (χ1) is 9.45. The Bertz CT molecular complexity index is 631. The number of thiophene rings is 1. The second kappa shape index (κ2) is 6.35. The van der Waals surface area contributed by atoms with Crippen LogP contribution in [0.5, 0.6) is 0 Å². The number of amides is 1. The van der Waals surface area contributed by atoms with Gasteiger partial charge in [-0.05, 0) is 30.3 Å². The zero-order valence-corrected chi connectivity index (χ0v) is 12.9. The van der Waals surface area contributed by atoms with Crippen LogP contribution in [-0.4, -0.2) is 18.2 Å². The van der Waals surface area contributed by atoms with Crippen LogP contribution in [0.4, 0.5) is 16.2 Å². The van der Waals surface area contributed by atoms with E-state index in [2.05, 4.69) is 5.32 Å². The van der Waals surface area contributed by atoms with Crippen molar-refractivity contribution >= 4 is 52.0 Å². The summed E-state index contributed by atoms with van der Waals surface area (Å²) in [5.74, 6) is 0. The van der Waals surface area contributed by atoms with Crippen molar-refractivity contribution in [2.75, 3.05) is 17.3 Å². The molecule has 1 aromatic heterocycles. The van der Waals surface area contributed by atoms with E-state index in [0.717, 1.165) is 14.9 Å². The summed E-state index contributed by atoms with van der Waals surface area (Å²) in [5, 5.41) is 11.3. The summed E-state index contributed by atoms with van der Waals surface area (Å²) in [6.07, 6.45) is -1.14. The molecule has 0 spiro atoms. The second-order valence-electron chi connectivity index (χ2n) is 4.16. The number of rotatable bonds is 4. The minimum absolute atomic E-state index is 0.362. The van der Waals surface area contributed by atoms with Crippen LogP contribution in [0.1, 0.15) is 4.88 Å². The molecule has 1 aromatic carbocycles. The van der Waals surface area contributed by atoms with E-state index in [1.807, 2.05) is 30.1 Å². The van der Waals surface area contributed by atoms with Gasteiger partial charge in [-0.25, -0.2) is 4.79 Å². The Balaban J connectivity index is 2.12. The van der Waals surface area contributed by atoms with Crippen LogP contribution < -0.4 is 10.2 Å². The van der Waals surface area contributed by atoms with E-state index < -0.39 is 6.09 Å². The number of nitrogens with zero attached hydrogens (tertiary/aromatic N) is 1. The summed E-state index contributed by atoms with van der Waals surface area (Å²) >= 11 is 13.5. The molecular weight excluding hydrogens is 319 g/mol. The number of halogens is 2.